The van der Waals surface area contributed by atoms with Crippen LogP contribution >= 0.6 is 0 Å². The van der Waals surface area contributed by atoms with Crippen molar-refractivity contribution in [2.24, 2.45) is 5.92 Å². The Morgan fingerprint density at radius 2 is 1.82 bits per heavy atom. The molecule has 33 heavy (non-hydrogen) atoms. The summed E-state index contributed by atoms with van der Waals surface area (Å²) in [6, 6.07) is 13.0. The number of benzene rings is 1. The molecular formula is C25H33N3O5. The van der Waals surface area contributed by atoms with Crippen molar-refractivity contribution in [1.29, 1.82) is 0 Å². The third-order valence-corrected chi connectivity index (χ3v) is 5.32. The van der Waals surface area contributed by atoms with Crippen LogP contribution in [0.2, 0.25) is 0 Å². The molecule has 0 saturated heterocycles. The van der Waals surface area contributed by atoms with Crippen molar-refractivity contribution in [3.63, 3.8) is 0 Å². The normalized spacial score (nSPS) is 20.4. The fourth-order valence-electron chi connectivity index (χ4n) is 3.80. The molecule has 0 spiro atoms. The molecule has 3 rings (SSSR count). The van der Waals surface area contributed by atoms with E-state index in [1.807, 2.05) is 57.2 Å². The molecule has 1 aromatic heterocycles. The van der Waals surface area contributed by atoms with E-state index in [1.54, 1.807) is 18.5 Å². The second-order valence-electron chi connectivity index (χ2n) is 9.23. The van der Waals surface area contributed by atoms with Crippen LogP contribution in [0.1, 0.15) is 45.6 Å². The monoisotopic (exact) mass is 455 g/mol. The molecule has 1 saturated carbocycles. The number of hydrogen-bond donors (Lipinski definition) is 2. The highest BCUT2D eigenvalue weighted by Crippen LogP contribution is 2.27. The molecular weight excluding hydrogens is 422 g/mol. The Morgan fingerprint density at radius 3 is 2.52 bits per heavy atom. The zero-order chi connectivity index (χ0) is 23.7. The SMILES string of the molecule is CC(C)(C)OC(=O)N[C@@H]1CC[C@H](NC(=O)OCc2ccccc2)[C@H](COc2cccnc2)C1. The maximum atomic E-state index is 12.4. The molecule has 2 aromatic rings. The number of nitrogens with one attached hydrogen (secondary N) is 2. The Hall–Kier alpha value is -3.29. The van der Waals surface area contributed by atoms with Crippen LogP contribution in [-0.2, 0) is 16.1 Å². The lowest BCUT2D eigenvalue weighted by atomic mass is 9.82. The first-order valence-electron chi connectivity index (χ1n) is 11.3. The molecule has 1 aliphatic carbocycles. The summed E-state index contributed by atoms with van der Waals surface area (Å²) in [5, 5.41) is 5.94. The fraction of sp³-hybridized carbons (Fsp3) is 0.480. The number of rotatable bonds is 7. The third-order valence-electron chi connectivity index (χ3n) is 5.32. The van der Waals surface area contributed by atoms with Crippen molar-refractivity contribution in [3.05, 3.63) is 60.4 Å². The van der Waals surface area contributed by atoms with Gasteiger partial charge >= 0.3 is 12.2 Å². The smallest absolute Gasteiger partial charge is 0.407 e. The van der Waals surface area contributed by atoms with Gasteiger partial charge in [0.1, 0.15) is 18.0 Å². The summed E-state index contributed by atoms with van der Waals surface area (Å²) >= 11 is 0. The quantitative estimate of drug-likeness (QED) is 0.640. The van der Waals surface area contributed by atoms with E-state index in [0.29, 0.717) is 31.6 Å². The number of hydrogen-bond acceptors (Lipinski definition) is 6. The van der Waals surface area contributed by atoms with E-state index >= 15 is 0 Å². The molecule has 1 fully saturated rings. The number of amides is 2. The van der Waals surface area contributed by atoms with Crippen LogP contribution in [-0.4, -0.2) is 41.5 Å². The number of nitrogens with zero attached hydrogens (tertiary/aromatic N) is 1. The minimum atomic E-state index is -0.561. The van der Waals surface area contributed by atoms with Crippen molar-refractivity contribution in [2.45, 2.75) is 64.3 Å². The maximum Gasteiger partial charge on any atom is 0.407 e. The van der Waals surface area contributed by atoms with Crippen molar-refractivity contribution < 1.29 is 23.8 Å². The zero-order valence-electron chi connectivity index (χ0n) is 19.5. The average molecular weight is 456 g/mol. The van der Waals surface area contributed by atoms with Gasteiger partial charge in [0.15, 0.2) is 0 Å². The highest BCUT2D eigenvalue weighted by molar-refractivity contribution is 5.68. The summed E-state index contributed by atoms with van der Waals surface area (Å²) in [4.78, 5) is 28.7. The molecule has 0 unspecified atom stereocenters. The Labute approximate surface area is 195 Å². The molecule has 8 heteroatoms. The van der Waals surface area contributed by atoms with Crippen LogP contribution in [0.3, 0.4) is 0 Å². The summed E-state index contributed by atoms with van der Waals surface area (Å²) in [7, 11) is 0. The average Bonchev–Trinajstić information content (AvgIpc) is 2.78. The van der Waals surface area contributed by atoms with Crippen molar-refractivity contribution in [1.82, 2.24) is 15.6 Å². The molecule has 178 valence electrons. The van der Waals surface area contributed by atoms with E-state index in [2.05, 4.69) is 15.6 Å². The Kier molecular flexibility index (Phi) is 8.52. The number of carbonyl (C=O) groups is 2. The van der Waals surface area contributed by atoms with E-state index in [9.17, 15) is 9.59 Å². The van der Waals surface area contributed by atoms with Gasteiger partial charge in [0.2, 0.25) is 0 Å². The van der Waals surface area contributed by atoms with Gasteiger partial charge < -0.3 is 24.8 Å². The molecule has 1 aromatic carbocycles. The molecule has 0 radical (unpaired) electrons. The van der Waals surface area contributed by atoms with Gasteiger partial charge in [0.05, 0.1) is 12.8 Å². The molecule has 2 amide bonds. The first-order valence-corrected chi connectivity index (χ1v) is 11.3. The number of ether oxygens (including phenoxy) is 3. The van der Waals surface area contributed by atoms with Gasteiger partial charge in [-0.15, -0.1) is 0 Å². The first-order chi connectivity index (χ1) is 15.8. The van der Waals surface area contributed by atoms with Gasteiger partial charge in [-0.05, 0) is 57.7 Å². The minimum absolute atomic E-state index is 0.0248. The number of carbonyl (C=O) groups excluding carboxylic acids is 2. The second-order valence-corrected chi connectivity index (χ2v) is 9.23. The van der Waals surface area contributed by atoms with Gasteiger partial charge in [-0.3, -0.25) is 4.98 Å². The fourth-order valence-corrected chi connectivity index (χ4v) is 3.80. The van der Waals surface area contributed by atoms with E-state index in [4.69, 9.17) is 14.2 Å². The third kappa shape index (κ3) is 8.63. The summed E-state index contributed by atoms with van der Waals surface area (Å²) < 4.78 is 16.7. The highest BCUT2D eigenvalue weighted by Gasteiger charge is 2.34. The molecule has 1 aliphatic rings. The largest absolute Gasteiger partial charge is 0.492 e. The Bertz CT molecular complexity index is 886. The van der Waals surface area contributed by atoms with Crippen LogP contribution in [0.25, 0.3) is 0 Å². The minimum Gasteiger partial charge on any atom is -0.492 e. The summed E-state index contributed by atoms with van der Waals surface area (Å²) in [6.45, 7) is 6.08. The van der Waals surface area contributed by atoms with Crippen LogP contribution in [0, 0.1) is 5.92 Å². The maximum absolute atomic E-state index is 12.4. The highest BCUT2D eigenvalue weighted by atomic mass is 16.6. The molecule has 0 aliphatic heterocycles. The standard InChI is InChI=1S/C25H33N3O5/c1-25(2,3)33-24(30)27-20-11-12-22(19(14-20)17-31-21-10-7-13-26-15-21)28-23(29)32-16-18-8-5-4-6-9-18/h4-10,13,15,19-20,22H,11-12,14,16-17H2,1-3H3,(H,27,30)(H,28,29)/t19-,20+,22-/m0/s1. The zero-order valence-corrected chi connectivity index (χ0v) is 19.5. The predicted molar refractivity (Wildman–Crippen MR) is 124 cm³/mol. The molecule has 3 atom stereocenters. The lowest BCUT2D eigenvalue weighted by Crippen LogP contribution is -2.51. The Morgan fingerprint density at radius 1 is 1.03 bits per heavy atom. The molecule has 8 nitrogen and oxygen atoms in total. The molecule has 0 bridgehead atoms. The van der Waals surface area contributed by atoms with Crippen LogP contribution in [0.4, 0.5) is 9.59 Å². The van der Waals surface area contributed by atoms with Gasteiger partial charge in [-0.2, -0.15) is 0 Å². The lowest BCUT2D eigenvalue weighted by Gasteiger charge is -2.36. The van der Waals surface area contributed by atoms with Crippen molar-refractivity contribution >= 4 is 12.2 Å². The summed E-state index contributed by atoms with van der Waals surface area (Å²) in [5.74, 6) is 0.633. The lowest BCUT2D eigenvalue weighted by molar-refractivity contribution is 0.0461. The van der Waals surface area contributed by atoms with Crippen molar-refractivity contribution in [2.75, 3.05) is 6.61 Å². The van der Waals surface area contributed by atoms with E-state index < -0.39 is 17.8 Å². The van der Waals surface area contributed by atoms with Gasteiger partial charge in [-0.25, -0.2) is 9.59 Å². The van der Waals surface area contributed by atoms with E-state index in [-0.39, 0.29) is 24.6 Å². The number of pyridine rings is 1. The van der Waals surface area contributed by atoms with Gasteiger partial charge in [0, 0.05) is 24.2 Å². The number of aromatic nitrogens is 1. The number of alkyl carbamates (subject to hydrolysis) is 2. The predicted octanol–water partition coefficient (Wildman–Crippen LogP) is 4.45. The first kappa shape index (κ1) is 24.4. The van der Waals surface area contributed by atoms with Crippen LogP contribution in [0.15, 0.2) is 54.9 Å². The van der Waals surface area contributed by atoms with Gasteiger partial charge in [0.25, 0.3) is 0 Å². The topological polar surface area (TPSA) is 98.8 Å². The van der Waals surface area contributed by atoms with E-state index in [0.717, 1.165) is 5.56 Å². The summed E-state index contributed by atoms with van der Waals surface area (Å²) in [6.07, 6.45) is 4.47. The van der Waals surface area contributed by atoms with Gasteiger partial charge in [-0.1, -0.05) is 30.3 Å². The van der Waals surface area contributed by atoms with Crippen molar-refractivity contribution in [3.8, 4) is 5.75 Å². The molecule has 1 heterocycles. The van der Waals surface area contributed by atoms with E-state index in [1.165, 1.54) is 0 Å². The van der Waals surface area contributed by atoms with Crippen LogP contribution < -0.4 is 15.4 Å². The summed E-state index contributed by atoms with van der Waals surface area (Å²) in [5.41, 5.74) is 0.364. The van der Waals surface area contributed by atoms with Crippen LogP contribution in [0.5, 0.6) is 5.75 Å². The second kappa shape index (κ2) is 11.5. The molecule has 2 N–H and O–H groups in total. The Balaban J connectivity index is 1.57.